The Balaban J connectivity index is 2.73. The topological polar surface area (TPSA) is 61.8 Å². The van der Waals surface area contributed by atoms with Gasteiger partial charge >= 0.3 is 6.03 Å². The van der Waals surface area contributed by atoms with Crippen LogP contribution in [0.2, 0.25) is 0 Å². The van der Waals surface area contributed by atoms with Gasteiger partial charge in [0.2, 0.25) is 0 Å². The Kier molecular flexibility index (Phi) is 6.59. The van der Waals surface area contributed by atoms with Gasteiger partial charge in [-0.1, -0.05) is 6.08 Å². The highest BCUT2D eigenvalue weighted by atomic mass is 16.5. The normalized spacial score (nSPS) is 9.95. The first-order valence-corrected chi connectivity index (χ1v) is 6.63. The molecule has 0 aliphatic rings. The van der Waals surface area contributed by atoms with Gasteiger partial charge < -0.3 is 20.1 Å². The van der Waals surface area contributed by atoms with Crippen molar-refractivity contribution in [3.63, 3.8) is 0 Å². The molecule has 1 aromatic rings. The number of nitrogens with one attached hydrogen (secondary N) is 1. The van der Waals surface area contributed by atoms with Gasteiger partial charge in [0.05, 0.1) is 13.2 Å². The Bertz CT molecular complexity index is 460. The fourth-order valence-electron chi connectivity index (χ4n) is 1.80. The van der Waals surface area contributed by atoms with Gasteiger partial charge in [0.1, 0.15) is 5.75 Å². The number of ether oxygens (including phenoxy) is 1. The number of aliphatic hydroxyl groups excluding tert-OH is 1. The number of rotatable bonds is 7. The lowest BCUT2D eigenvalue weighted by Gasteiger charge is -2.20. The molecule has 0 spiro atoms. The van der Waals surface area contributed by atoms with Crippen molar-refractivity contribution in [2.75, 3.05) is 31.6 Å². The number of benzene rings is 1. The minimum absolute atomic E-state index is 0.0798. The van der Waals surface area contributed by atoms with Gasteiger partial charge in [0, 0.05) is 18.8 Å². The van der Waals surface area contributed by atoms with E-state index in [0.717, 1.165) is 11.3 Å². The Hall–Kier alpha value is -2.01. The summed E-state index contributed by atoms with van der Waals surface area (Å²) in [5.74, 6) is 0.809. The van der Waals surface area contributed by atoms with Crippen molar-refractivity contribution in [3.05, 3.63) is 36.4 Å². The summed E-state index contributed by atoms with van der Waals surface area (Å²) < 4.78 is 5.45. The van der Waals surface area contributed by atoms with Crippen LogP contribution < -0.4 is 10.1 Å². The van der Waals surface area contributed by atoms with E-state index in [1.54, 1.807) is 12.1 Å². The molecule has 0 aliphatic carbocycles. The zero-order valence-electron chi connectivity index (χ0n) is 12.1. The van der Waals surface area contributed by atoms with Crippen molar-refractivity contribution in [1.29, 1.82) is 0 Å². The highest BCUT2D eigenvalue weighted by Crippen LogP contribution is 2.22. The smallest absolute Gasteiger partial charge is 0.322 e. The Morgan fingerprint density at radius 1 is 1.55 bits per heavy atom. The maximum atomic E-state index is 12.0. The van der Waals surface area contributed by atoms with Crippen LogP contribution in [0.1, 0.15) is 12.5 Å². The van der Waals surface area contributed by atoms with Crippen LogP contribution in [0.15, 0.2) is 30.9 Å². The van der Waals surface area contributed by atoms with Gasteiger partial charge in [-0.05, 0) is 37.6 Å². The maximum absolute atomic E-state index is 12.0. The molecule has 2 amide bonds. The van der Waals surface area contributed by atoms with Crippen molar-refractivity contribution in [1.82, 2.24) is 4.90 Å². The number of nitrogens with zero attached hydrogens (tertiary/aromatic N) is 1. The quantitative estimate of drug-likeness (QED) is 0.753. The lowest BCUT2D eigenvalue weighted by molar-refractivity contribution is 0.195. The summed E-state index contributed by atoms with van der Waals surface area (Å²) in [5, 5.41) is 11.7. The molecule has 1 aromatic carbocycles. The molecule has 0 aliphatic heterocycles. The summed E-state index contributed by atoms with van der Waals surface area (Å²) >= 11 is 0. The molecule has 5 heteroatoms. The SMILES string of the molecule is C=CCN(CCO)C(=O)Nc1ccc(OCC)c(C)c1. The second-order valence-electron chi connectivity index (χ2n) is 4.30. The van der Waals surface area contributed by atoms with Crippen LogP contribution in [-0.2, 0) is 0 Å². The van der Waals surface area contributed by atoms with Gasteiger partial charge in [0.15, 0.2) is 0 Å². The molecule has 2 N–H and O–H groups in total. The molecule has 0 atom stereocenters. The third-order valence-corrected chi connectivity index (χ3v) is 2.73. The lowest BCUT2D eigenvalue weighted by atomic mass is 10.2. The van der Waals surface area contributed by atoms with Crippen LogP contribution in [0.25, 0.3) is 0 Å². The summed E-state index contributed by atoms with van der Waals surface area (Å²) in [6.07, 6.45) is 1.62. The van der Waals surface area contributed by atoms with Crippen molar-refractivity contribution >= 4 is 11.7 Å². The van der Waals surface area contributed by atoms with Crippen LogP contribution in [0.3, 0.4) is 0 Å². The molecule has 0 fully saturated rings. The summed E-state index contributed by atoms with van der Waals surface area (Å²) in [7, 11) is 0. The summed E-state index contributed by atoms with van der Waals surface area (Å²) in [4.78, 5) is 13.5. The number of urea groups is 1. The number of aryl methyl sites for hydroxylation is 1. The maximum Gasteiger partial charge on any atom is 0.322 e. The average Bonchev–Trinajstić information content (AvgIpc) is 2.42. The zero-order valence-corrected chi connectivity index (χ0v) is 12.1. The third kappa shape index (κ3) is 4.59. The molecule has 110 valence electrons. The predicted octanol–water partition coefficient (Wildman–Crippen LogP) is 2.41. The first kappa shape index (κ1) is 16.0. The zero-order chi connectivity index (χ0) is 15.0. The molecular weight excluding hydrogens is 256 g/mol. The van der Waals surface area contributed by atoms with E-state index in [1.807, 2.05) is 26.0 Å². The first-order chi connectivity index (χ1) is 9.62. The summed E-state index contributed by atoms with van der Waals surface area (Å²) in [6, 6.07) is 5.22. The van der Waals surface area contributed by atoms with Crippen molar-refractivity contribution in [2.45, 2.75) is 13.8 Å². The molecule has 20 heavy (non-hydrogen) atoms. The Morgan fingerprint density at radius 3 is 2.85 bits per heavy atom. The lowest BCUT2D eigenvalue weighted by Crippen LogP contribution is -2.37. The fourth-order valence-corrected chi connectivity index (χ4v) is 1.80. The molecule has 5 nitrogen and oxygen atoms in total. The van der Waals surface area contributed by atoms with Crippen LogP contribution in [0.5, 0.6) is 5.75 Å². The molecule has 0 bridgehead atoms. The van der Waals surface area contributed by atoms with E-state index < -0.39 is 0 Å². The van der Waals surface area contributed by atoms with Crippen LogP contribution in [-0.4, -0.2) is 42.3 Å². The van der Waals surface area contributed by atoms with E-state index in [-0.39, 0.29) is 19.2 Å². The second-order valence-corrected chi connectivity index (χ2v) is 4.30. The minimum atomic E-state index is -0.262. The van der Waals surface area contributed by atoms with E-state index in [2.05, 4.69) is 11.9 Å². The summed E-state index contributed by atoms with van der Waals surface area (Å²) in [6.45, 7) is 8.64. The number of hydrogen-bond donors (Lipinski definition) is 2. The van der Waals surface area contributed by atoms with E-state index in [0.29, 0.717) is 18.8 Å². The van der Waals surface area contributed by atoms with Gasteiger partial charge in [-0.25, -0.2) is 4.79 Å². The van der Waals surface area contributed by atoms with Crippen molar-refractivity contribution < 1.29 is 14.6 Å². The van der Waals surface area contributed by atoms with Gasteiger partial charge in [0.25, 0.3) is 0 Å². The number of hydrogen-bond acceptors (Lipinski definition) is 3. The first-order valence-electron chi connectivity index (χ1n) is 6.63. The van der Waals surface area contributed by atoms with Crippen LogP contribution in [0, 0.1) is 6.92 Å². The predicted molar refractivity (Wildman–Crippen MR) is 80.2 cm³/mol. The van der Waals surface area contributed by atoms with Gasteiger partial charge in [-0.15, -0.1) is 6.58 Å². The minimum Gasteiger partial charge on any atom is -0.494 e. The number of anilines is 1. The van der Waals surface area contributed by atoms with Crippen molar-refractivity contribution in [2.24, 2.45) is 0 Å². The molecule has 0 saturated carbocycles. The highest BCUT2D eigenvalue weighted by molar-refractivity contribution is 5.89. The molecule has 0 aromatic heterocycles. The Morgan fingerprint density at radius 2 is 2.30 bits per heavy atom. The Labute approximate surface area is 119 Å². The average molecular weight is 278 g/mol. The van der Waals surface area contributed by atoms with Crippen molar-refractivity contribution in [3.8, 4) is 5.75 Å². The number of carbonyl (C=O) groups is 1. The van der Waals surface area contributed by atoms with E-state index in [9.17, 15) is 4.79 Å². The monoisotopic (exact) mass is 278 g/mol. The largest absolute Gasteiger partial charge is 0.494 e. The van der Waals surface area contributed by atoms with E-state index in [1.165, 1.54) is 4.90 Å². The standard InChI is InChI=1S/C15H22N2O3/c1-4-8-17(9-10-18)15(19)16-13-6-7-14(20-5-2)12(3)11-13/h4,6-7,11,18H,1,5,8-10H2,2-3H3,(H,16,19). The highest BCUT2D eigenvalue weighted by Gasteiger charge is 2.12. The third-order valence-electron chi connectivity index (χ3n) is 2.73. The van der Waals surface area contributed by atoms with Crippen LogP contribution >= 0.6 is 0 Å². The number of amides is 2. The second kappa shape index (κ2) is 8.22. The molecule has 1 rings (SSSR count). The fraction of sp³-hybridized carbons (Fsp3) is 0.400. The van der Waals surface area contributed by atoms with E-state index in [4.69, 9.17) is 9.84 Å². The molecule has 0 radical (unpaired) electrons. The van der Waals surface area contributed by atoms with Gasteiger partial charge in [-0.3, -0.25) is 0 Å². The number of aliphatic hydroxyl groups is 1. The molecule has 0 unspecified atom stereocenters. The summed E-state index contributed by atoms with van der Waals surface area (Å²) in [5.41, 5.74) is 1.66. The molecular formula is C15H22N2O3. The number of carbonyl (C=O) groups excluding carboxylic acids is 1. The molecule has 0 saturated heterocycles. The van der Waals surface area contributed by atoms with Crippen LogP contribution in [0.4, 0.5) is 10.5 Å². The van der Waals surface area contributed by atoms with E-state index >= 15 is 0 Å². The molecule has 0 heterocycles. The van der Waals surface area contributed by atoms with Gasteiger partial charge in [-0.2, -0.15) is 0 Å².